The van der Waals surface area contributed by atoms with E-state index in [1.54, 1.807) is 0 Å². The minimum atomic E-state index is 0.755. The van der Waals surface area contributed by atoms with Gasteiger partial charge in [-0.05, 0) is 44.1 Å². The summed E-state index contributed by atoms with van der Waals surface area (Å²) in [5, 5.41) is 12.0. The second-order valence-corrected chi connectivity index (χ2v) is 3.43. The smallest absolute Gasteiger partial charge is 0.0994 e. The van der Waals surface area contributed by atoms with Crippen molar-refractivity contribution in [1.82, 2.24) is 5.32 Å². The van der Waals surface area contributed by atoms with Crippen molar-refractivity contribution in [3.05, 3.63) is 41.0 Å². The standard InChI is InChI=1S/C13H16N2/c1-11-12(6-3-4-9-15-2)7-5-8-13(11)10-14/h3,5-8,15H,4,9H2,1-2H3. The van der Waals surface area contributed by atoms with Crippen LogP contribution in [0.25, 0.3) is 6.08 Å². The van der Waals surface area contributed by atoms with Crippen LogP contribution in [0.5, 0.6) is 0 Å². The van der Waals surface area contributed by atoms with Gasteiger partial charge >= 0.3 is 0 Å². The molecule has 0 aliphatic carbocycles. The van der Waals surface area contributed by atoms with E-state index in [0.717, 1.165) is 29.7 Å². The number of rotatable bonds is 4. The van der Waals surface area contributed by atoms with Crippen molar-refractivity contribution in [3.8, 4) is 6.07 Å². The zero-order valence-electron chi connectivity index (χ0n) is 9.25. The van der Waals surface area contributed by atoms with Gasteiger partial charge in [0.25, 0.3) is 0 Å². The SMILES string of the molecule is CNCCC=Cc1cccc(C#N)c1C. The zero-order valence-corrected chi connectivity index (χ0v) is 9.25. The molecule has 0 heterocycles. The molecule has 1 N–H and O–H groups in total. The topological polar surface area (TPSA) is 35.8 Å². The summed E-state index contributed by atoms with van der Waals surface area (Å²) in [5.41, 5.74) is 2.94. The van der Waals surface area contributed by atoms with Gasteiger partial charge in [-0.2, -0.15) is 5.26 Å². The molecule has 78 valence electrons. The third-order valence-corrected chi connectivity index (χ3v) is 2.35. The molecule has 0 saturated carbocycles. The normalized spacial score (nSPS) is 10.5. The highest BCUT2D eigenvalue weighted by Crippen LogP contribution is 2.14. The van der Waals surface area contributed by atoms with Gasteiger partial charge in [-0.1, -0.05) is 24.3 Å². The highest BCUT2D eigenvalue weighted by Gasteiger charge is 1.99. The number of nitrogens with one attached hydrogen (secondary N) is 1. The predicted molar refractivity (Wildman–Crippen MR) is 63.5 cm³/mol. The number of hydrogen-bond acceptors (Lipinski definition) is 2. The number of hydrogen-bond donors (Lipinski definition) is 1. The number of nitriles is 1. The Bertz CT molecular complexity index is 386. The molecule has 0 aliphatic rings. The molecule has 0 spiro atoms. The maximum Gasteiger partial charge on any atom is 0.0994 e. The molecule has 0 radical (unpaired) electrons. The van der Waals surface area contributed by atoms with E-state index < -0.39 is 0 Å². The highest BCUT2D eigenvalue weighted by atomic mass is 14.8. The lowest BCUT2D eigenvalue weighted by Crippen LogP contribution is -2.05. The third kappa shape index (κ3) is 3.23. The lowest BCUT2D eigenvalue weighted by Gasteiger charge is -2.01. The summed E-state index contributed by atoms with van der Waals surface area (Å²) in [5.74, 6) is 0. The summed E-state index contributed by atoms with van der Waals surface area (Å²) in [6.45, 7) is 2.96. The van der Waals surface area contributed by atoms with Gasteiger partial charge in [0.1, 0.15) is 0 Å². The molecule has 0 atom stereocenters. The molecular weight excluding hydrogens is 184 g/mol. The third-order valence-electron chi connectivity index (χ3n) is 2.35. The van der Waals surface area contributed by atoms with E-state index in [1.165, 1.54) is 0 Å². The molecule has 0 fully saturated rings. The Morgan fingerprint density at radius 2 is 2.27 bits per heavy atom. The fraction of sp³-hybridized carbons (Fsp3) is 0.308. The van der Waals surface area contributed by atoms with Gasteiger partial charge in [-0.3, -0.25) is 0 Å². The van der Waals surface area contributed by atoms with Gasteiger partial charge < -0.3 is 5.32 Å². The summed E-state index contributed by atoms with van der Waals surface area (Å²) in [6, 6.07) is 7.99. The molecule has 0 unspecified atom stereocenters. The van der Waals surface area contributed by atoms with Crippen LogP contribution >= 0.6 is 0 Å². The second kappa shape index (κ2) is 6.00. The summed E-state index contributed by atoms with van der Waals surface area (Å²) in [7, 11) is 1.94. The molecule has 0 bridgehead atoms. The zero-order chi connectivity index (χ0) is 11.1. The summed E-state index contributed by atoms with van der Waals surface area (Å²) in [6.07, 6.45) is 5.21. The van der Waals surface area contributed by atoms with Crippen molar-refractivity contribution in [3.63, 3.8) is 0 Å². The fourth-order valence-electron chi connectivity index (χ4n) is 1.39. The Balaban J connectivity index is 2.78. The molecule has 0 aliphatic heterocycles. The van der Waals surface area contributed by atoms with Crippen molar-refractivity contribution < 1.29 is 0 Å². The molecule has 0 amide bonds. The van der Waals surface area contributed by atoms with Crippen LogP contribution in [0.3, 0.4) is 0 Å². The Hall–Kier alpha value is -1.59. The van der Waals surface area contributed by atoms with Crippen molar-refractivity contribution in [2.24, 2.45) is 0 Å². The second-order valence-electron chi connectivity index (χ2n) is 3.43. The maximum atomic E-state index is 8.87. The van der Waals surface area contributed by atoms with Crippen LogP contribution in [0.1, 0.15) is 23.1 Å². The van der Waals surface area contributed by atoms with E-state index in [0.29, 0.717) is 0 Å². The van der Waals surface area contributed by atoms with Crippen LogP contribution in [0, 0.1) is 18.3 Å². The first-order valence-electron chi connectivity index (χ1n) is 5.10. The fourth-order valence-corrected chi connectivity index (χ4v) is 1.39. The summed E-state index contributed by atoms with van der Waals surface area (Å²) in [4.78, 5) is 0. The van der Waals surface area contributed by atoms with Gasteiger partial charge in [-0.25, -0.2) is 0 Å². The number of benzene rings is 1. The van der Waals surface area contributed by atoms with Gasteiger partial charge in [0.05, 0.1) is 11.6 Å². The predicted octanol–water partition coefficient (Wildman–Crippen LogP) is 2.49. The minimum Gasteiger partial charge on any atom is -0.319 e. The Kier molecular flexibility index (Phi) is 4.59. The van der Waals surface area contributed by atoms with Crippen LogP contribution in [0.15, 0.2) is 24.3 Å². The van der Waals surface area contributed by atoms with Crippen LogP contribution in [-0.2, 0) is 0 Å². The molecular formula is C13H16N2. The molecule has 1 aromatic carbocycles. The van der Waals surface area contributed by atoms with Crippen LogP contribution < -0.4 is 5.32 Å². The molecule has 15 heavy (non-hydrogen) atoms. The van der Waals surface area contributed by atoms with E-state index in [4.69, 9.17) is 5.26 Å². The number of nitrogens with zero attached hydrogens (tertiary/aromatic N) is 1. The Morgan fingerprint density at radius 1 is 1.47 bits per heavy atom. The first-order valence-corrected chi connectivity index (χ1v) is 5.10. The minimum absolute atomic E-state index is 0.755. The first kappa shape index (κ1) is 11.5. The lowest BCUT2D eigenvalue weighted by molar-refractivity contribution is 0.809. The van der Waals surface area contributed by atoms with E-state index in [1.807, 2.05) is 32.2 Å². The molecule has 0 saturated heterocycles. The van der Waals surface area contributed by atoms with Gasteiger partial charge in [0.2, 0.25) is 0 Å². The van der Waals surface area contributed by atoms with Crippen molar-refractivity contribution in [2.45, 2.75) is 13.3 Å². The molecule has 2 heteroatoms. The van der Waals surface area contributed by atoms with Crippen molar-refractivity contribution >= 4 is 6.08 Å². The lowest BCUT2D eigenvalue weighted by atomic mass is 10.0. The van der Waals surface area contributed by atoms with Gasteiger partial charge in [-0.15, -0.1) is 0 Å². The van der Waals surface area contributed by atoms with Crippen LogP contribution in [-0.4, -0.2) is 13.6 Å². The van der Waals surface area contributed by atoms with Gasteiger partial charge in [0.15, 0.2) is 0 Å². The summed E-state index contributed by atoms with van der Waals surface area (Å²) < 4.78 is 0. The molecule has 0 aromatic heterocycles. The van der Waals surface area contributed by atoms with E-state index in [2.05, 4.69) is 23.5 Å². The molecule has 2 nitrogen and oxygen atoms in total. The molecule has 1 aromatic rings. The first-order chi connectivity index (χ1) is 7.29. The summed E-state index contributed by atoms with van der Waals surface area (Å²) >= 11 is 0. The average molecular weight is 200 g/mol. The maximum absolute atomic E-state index is 8.87. The van der Waals surface area contributed by atoms with E-state index >= 15 is 0 Å². The van der Waals surface area contributed by atoms with Crippen molar-refractivity contribution in [2.75, 3.05) is 13.6 Å². The quantitative estimate of drug-likeness (QED) is 0.758. The largest absolute Gasteiger partial charge is 0.319 e. The molecule has 1 rings (SSSR count). The van der Waals surface area contributed by atoms with Crippen LogP contribution in [0.2, 0.25) is 0 Å². The Labute approximate surface area is 91.2 Å². The van der Waals surface area contributed by atoms with E-state index in [-0.39, 0.29) is 0 Å². The Morgan fingerprint density at radius 3 is 2.93 bits per heavy atom. The highest BCUT2D eigenvalue weighted by molar-refractivity contribution is 5.57. The van der Waals surface area contributed by atoms with E-state index in [9.17, 15) is 0 Å². The van der Waals surface area contributed by atoms with Crippen molar-refractivity contribution in [1.29, 1.82) is 5.26 Å². The van der Waals surface area contributed by atoms with Crippen LogP contribution in [0.4, 0.5) is 0 Å². The average Bonchev–Trinajstić information content (AvgIpc) is 2.26. The monoisotopic (exact) mass is 200 g/mol. The van der Waals surface area contributed by atoms with Gasteiger partial charge in [0, 0.05) is 0 Å².